The molecule has 0 aliphatic rings. The van der Waals surface area contributed by atoms with Crippen LogP contribution in [0.15, 0.2) is 176 Å². The summed E-state index contributed by atoms with van der Waals surface area (Å²) < 4.78 is 0. The molecule has 1 heterocycles. The molecule has 0 unspecified atom stereocenters. The zero-order chi connectivity index (χ0) is 31.9. The second-order valence-electron chi connectivity index (χ2n) is 12.0. The third-order valence-electron chi connectivity index (χ3n) is 9.15. The van der Waals surface area contributed by atoms with Gasteiger partial charge in [0, 0.05) is 16.7 Å². The van der Waals surface area contributed by atoms with E-state index < -0.39 is 0 Å². The Morgan fingerprint density at radius 3 is 1.29 bits per heavy atom. The monoisotopic (exact) mass is 611 g/mol. The lowest BCUT2D eigenvalue weighted by Crippen LogP contribution is -2.00. The lowest BCUT2D eigenvalue weighted by molar-refractivity contribution is 1.08. The van der Waals surface area contributed by atoms with E-state index in [0.29, 0.717) is 17.5 Å². The van der Waals surface area contributed by atoms with Crippen molar-refractivity contribution in [3.05, 3.63) is 176 Å². The number of nitrogens with zero attached hydrogens (tertiary/aromatic N) is 3. The van der Waals surface area contributed by atoms with Gasteiger partial charge in [-0.15, -0.1) is 0 Å². The van der Waals surface area contributed by atoms with Crippen molar-refractivity contribution < 1.29 is 0 Å². The topological polar surface area (TPSA) is 38.7 Å². The van der Waals surface area contributed by atoms with Crippen LogP contribution < -0.4 is 0 Å². The van der Waals surface area contributed by atoms with Crippen LogP contribution >= 0.6 is 0 Å². The fourth-order valence-electron chi connectivity index (χ4n) is 6.82. The van der Waals surface area contributed by atoms with Crippen LogP contribution in [0, 0.1) is 0 Å². The Morgan fingerprint density at radius 1 is 0.229 bits per heavy atom. The van der Waals surface area contributed by atoms with Gasteiger partial charge in [-0.25, -0.2) is 15.0 Å². The molecule has 0 N–H and O–H groups in total. The van der Waals surface area contributed by atoms with Gasteiger partial charge in [0.25, 0.3) is 0 Å². The summed E-state index contributed by atoms with van der Waals surface area (Å²) in [7, 11) is 0. The molecule has 0 fully saturated rings. The molecule has 3 heteroatoms. The number of aromatic nitrogens is 3. The third-order valence-corrected chi connectivity index (χ3v) is 9.15. The molecule has 0 saturated carbocycles. The zero-order valence-electron chi connectivity index (χ0n) is 26.1. The molecule has 0 aliphatic carbocycles. The second kappa shape index (κ2) is 11.7. The van der Waals surface area contributed by atoms with Crippen LogP contribution in [0.4, 0.5) is 0 Å². The first-order valence-electron chi connectivity index (χ1n) is 16.2. The van der Waals surface area contributed by atoms with Crippen LogP contribution in [0.5, 0.6) is 0 Å². The number of rotatable bonds is 5. The number of hydrogen-bond donors (Lipinski definition) is 0. The van der Waals surface area contributed by atoms with Crippen molar-refractivity contribution in [2.75, 3.05) is 0 Å². The van der Waals surface area contributed by atoms with Gasteiger partial charge in [0.2, 0.25) is 0 Å². The molecule has 224 valence electrons. The number of fused-ring (bicyclic) bond motifs is 3. The molecular formula is C45H29N3. The minimum atomic E-state index is 0.644. The van der Waals surface area contributed by atoms with Gasteiger partial charge in [0.15, 0.2) is 17.5 Å². The summed E-state index contributed by atoms with van der Waals surface area (Å²) in [5.74, 6) is 1.94. The Morgan fingerprint density at radius 2 is 0.625 bits per heavy atom. The summed E-state index contributed by atoms with van der Waals surface area (Å²) in [6.07, 6.45) is 0. The van der Waals surface area contributed by atoms with E-state index in [0.717, 1.165) is 33.0 Å². The molecule has 0 atom stereocenters. The maximum atomic E-state index is 5.13. The molecule has 0 spiro atoms. The maximum Gasteiger partial charge on any atom is 0.164 e. The van der Waals surface area contributed by atoms with Gasteiger partial charge in [-0.1, -0.05) is 176 Å². The van der Waals surface area contributed by atoms with E-state index in [-0.39, 0.29) is 0 Å². The minimum Gasteiger partial charge on any atom is -0.208 e. The van der Waals surface area contributed by atoms with E-state index in [1.165, 1.54) is 38.2 Å². The van der Waals surface area contributed by atoms with Crippen LogP contribution in [0.25, 0.3) is 88.7 Å². The molecule has 0 aliphatic heterocycles. The Hall–Kier alpha value is -6.45. The highest BCUT2D eigenvalue weighted by Gasteiger charge is 2.16. The van der Waals surface area contributed by atoms with Gasteiger partial charge < -0.3 is 0 Å². The van der Waals surface area contributed by atoms with Crippen molar-refractivity contribution in [3.8, 4) is 56.4 Å². The Labute approximate surface area is 278 Å². The van der Waals surface area contributed by atoms with Crippen LogP contribution in [0.1, 0.15) is 0 Å². The summed E-state index contributed by atoms with van der Waals surface area (Å²) >= 11 is 0. The lowest BCUT2D eigenvalue weighted by Gasteiger charge is -2.14. The highest BCUT2D eigenvalue weighted by atomic mass is 15.0. The van der Waals surface area contributed by atoms with E-state index in [9.17, 15) is 0 Å². The van der Waals surface area contributed by atoms with Crippen molar-refractivity contribution in [1.29, 1.82) is 0 Å². The fourth-order valence-corrected chi connectivity index (χ4v) is 6.82. The molecule has 8 aromatic carbocycles. The largest absolute Gasteiger partial charge is 0.208 e. The zero-order valence-corrected chi connectivity index (χ0v) is 26.1. The summed E-state index contributed by atoms with van der Waals surface area (Å²) in [6, 6.07) is 61.7. The average molecular weight is 612 g/mol. The molecular weight excluding hydrogens is 583 g/mol. The van der Waals surface area contributed by atoms with Crippen molar-refractivity contribution in [2.45, 2.75) is 0 Å². The molecule has 1 aromatic heterocycles. The van der Waals surface area contributed by atoms with E-state index in [1.807, 2.05) is 30.3 Å². The van der Waals surface area contributed by atoms with Gasteiger partial charge in [-0.3, -0.25) is 0 Å². The fraction of sp³-hybridized carbons (Fsp3) is 0. The minimum absolute atomic E-state index is 0.644. The van der Waals surface area contributed by atoms with E-state index in [2.05, 4.69) is 146 Å². The summed E-state index contributed by atoms with van der Waals surface area (Å²) in [4.78, 5) is 15.2. The van der Waals surface area contributed by atoms with Gasteiger partial charge in [-0.2, -0.15) is 0 Å². The van der Waals surface area contributed by atoms with Crippen LogP contribution in [-0.2, 0) is 0 Å². The molecule has 48 heavy (non-hydrogen) atoms. The first-order chi connectivity index (χ1) is 23.8. The van der Waals surface area contributed by atoms with Gasteiger partial charge in [0.1, 0.15) is 0 Å². The van der Waals surface area contributed by atoms with Crippen molar-refractivity contribution in [1.82, 2.24) is 15.0 Å². The highest BCUT2D eigenvalue weighted by molar-refractivity contribution is 6.08. The SMILES string of the molecule is c1ccc(-c2nc(-c3ccc(-c4cccc5ccccc45)cc3)nc(-c3cccc4c(-c5cccc6ccccc56)cccc34)n2)cc1. The van der Waals surface area contributed by atoms with E-state index >= 15 is 0 Å². The predicted octanol–water partition coefficient (Wildman–Crippen LogP) is 11.7. The smallest absolute Gasteiger partial charge is 0.164 e. The molecule has 0 radical (unpaired) electrons. The van der Waals surface area contributed by atoms with Gasteiger partial charge in [-0.05, 0) is 54.6 Å². The molecule has 0 amide bonds. The van der Waals surface area contributed by atoms with Crippen molar-refractivity contribution in [3.63, 3.8) is 0 Å². The standard InChI is InChI=1S/C45H29N3/c1-2-14-33(15-3-1)43-46-44(34-28-26-32(27-29-34)36-20-8-16-30-12-4-6-18-35(30)36)48-45(47-43)42-25-11-23-40-39(22-10-24-41(40)42)38-21-9-17-31-13-5-7-19-37(31)38/h1-29H. The van der Waals surface area contributed by atoms with Crippen LogP contribution in [-0.4, -0.2) is 15.0 Å². The van der Waals surface area contributed by atoms with E-state index in [4.69, 9.17) is 15.0 Å². The second-order valence-corrected chi connectivity index (χ2v) is 12.0. The summed E-state index contributed by atoms with van der Waals surface area (Å²) in [5.41, 5.74) is 7.63. The molecule has 0 bridgehead atoms. The Balaban J connectivity index is 1.20. The highest BCUT2D eigenvalue weighted by Crippen LogP contribution is 2.38. The van der Waals surface area contributed by atoms with Crippen molar-refractivity contribution >= 4 is 32.3 Å². The van der Waals surface area contributed by atoms with E-state index in [1.54, 1.807) is 0 Å². The molecule has 9 aromatic rings. The third kappa shape index (κ3) is 4.90. The first-order valence-corrected chi connectivity index (χ1v) is 16.2. The molecule has 9 rings (SSSR count). The molecule has 0 saturated heterocycles. The average Bonchev–Trinajstić information content (AvgIpc) is 3.17. The summed E-state index contributed by atoms with van der Waals surface area (Å²) in [6.45, 7) is 0. The summed E-state index contributed by atoms with van der Waals surface area (Å²) in [5, 5.41) is 7.19. The van der Waals surface area contributed by atoms with Gasteiger partial charge >= 0.3 is 0 Å². The maximum absolute atomic E-state index is 5.13. The quantitative estimate of drug-likeness (QED) is 0.194. The van der Waals surface area contributed by atoms with Crippen LogP contribution in [0.2, 0.25) is 0 Å². The van der Waals surface area contributed by atoms with Gasteiger partial charge in [0.05, 0.1) is 0 Å². The first kappa shape index (κ1) is 27.8. The van der Waals surface area contributed by atoms with Crippen LogP contribution in [0.3, 0.4) is 0 Å². The predicted molar refractivity (Wildman–Crippen MR) is 200 cm³/mol. The number of benzene rings is 8. The lowest BCUT2D eigenvalue weighted by atomic mass is 9.92. The Bertz CT molecular complexity index is 2600. The Kier molecular flexibility index (Phi) is 6.80. The molecule has 3 nitrogen and oxygen atoms in total. The number of hydrogen-bond acceptors (Lipinski definition) is 3. The van der Waals surface area contributed by atoms with Crippen molar-refractivity contribution in [2.24, 2.45) is 0 Å². The normalized spacial score (nSPS) is 11.3.